The van der Waals surface area contributed by atoms with Gasteiger partial charge in [0.2, 0.25) is 0 Å². The molecular weight excluding hydrogens is 1440 g/mol. The van der Waals surface area contributed by atoms with E-state index in [0.29, 0.717) is 42.5 Å². The van der Waals surface area contributed by atoms with Gasteiger partial charge in [0.25, 0.3) is 0 Å². The summed E-state index contributed by atoms with van der Waals surface area (Å²) in [7, 11) is 0. The van der Waals surface area contributed by atoms with Crippen molar-refractivity contribution in [3.63, 3.8) is 0 Å². The number of aromatic nitrogens is 2. The van der Waals surface area contributed by atoms with Gasteiger partial charge < -0.3 is 9.13 Å². The van der Waals surface area contributed by atoms with Crippen LogP contribution in [-0.2, 0) is 49.4 Å². The zero-order chi connectivity index (χ0) is 76.0. The second-order valence-electron chi connectivity index (χ2n) is 24.4. The highest BCUT2D eigenvalue weighted by Gasteiger charge is 2.43. The summed E-state index contributed by atoms with van der Waals surface area (Å²) in [5, 5.41) is 19.9. The van der Waals surface area contributed by atoms with Crippen LogP contribution in [0.4, 0.5) is 105 Å². The summed E-state index contributed by atoms with van der Waals surface area (Å²) in [6, 6.07) is 32.1. The molecule has 0 N–H and O–H groups in total. The van der Waals surface area contributed by atoms with Crippen molar-refractivity contribution in [3.05, 3.63) is 261 Å². The largest absolute Gasteiger partial charge is 0.417 e. The molecule has 11 aromatic carbocycles. The lowest BCUT2D eigenvalue weighted by atomic mass is 9.92. The molecule has 0 unspecified atom stereocenters. The van der Waals surface area contributed by atoms with Gasteiger partial charge in [-0.1, -0.05) is 72.3 Å². The minimum absolute atomic E-state index is 0.0451. The van der Waals surface area contributed by atoms with Gasteiger partial charge in [-0.25, -0.2) is 0 Å². The van der Waals surface area contributed by atoms with E-state index >= 15 is 65.9 Å². The maximum atomic E-state index is 15.4. The molecule has 2 aromatic heterocycles. The van der Waals surface area contributed by atoms with Gasteiger partial charge in [-0.05, 0) is 196 Å². The topological polar surface area (TPSA) is 57.4 Å². The Morgan fingerprint density at radius 2 is 0.495 bits per heavy atom. The Morgan fingerprint density at radius 1 is 0.238 bits per heavy atom. The lowest BCUT2D eigenvalue weighted by Crippen LogP contribution is -2.12. The molecule has 0 fully saturated rings. The molecular formula is C77H36F24N4. The molecule has 0 saturated heterocycles. The standard InChI is InChI=1S/C77H36F24N4/c1-37-2-13-48(59(24-37)73(87,88)89)40-5-20-68-55(28-40)58-31-44(52-17-12-47(72(84,85)86)34-63(52)77(99,100)101)9-23-69(58)105(68)65-19-6-41(49-14-3-39(36-103)26-60(49)74(90,91)92)27-54(65)53-25-38(35-102)4-18-64(53)104-66-21-7-42(50-15-10-45(70(78,79)80)32-61(50)75(93,94)95)29-56(66)57-30-43(8-22-67(57)104)51-16-11-46(71(81,82)83)33-62(51)76(96,97)98/h2-34H,1H3. The summed E-state index contributed by atoms with van der Waals surface area (Å²) >= 11 is 0. The third kappa shape index (κ3) is 13.1. The van der Waals surface area contributed by atoms with Crippen molar-refractivity contribution >= 4 is 43.6 Å². The van der Waals surface area contributed by atoms with Crippen LogP contribution >= 0.6 is 0 Å². The molecule has 0 aliphatic heterocycles. The van der Waals surface area contributed by atoms with E-state index in [1.54, 1.807) is 6.07 Å². The Labute approximate surface area is 574 Å². The number of hydrogen-bond donors (Lipinski definition) is 0. The van der Waals surface area contributed by atoms with Gasteiger partial charge in [0, 0.05) is 32.7 Å². The van der Waals surface area contributed by atoms with E-state index in [1.165, 1.54) is 70.7 Å². The molecule has 0 aliphatic rings. The Bertz CT molecular complexity index is 5700. The Hall–Kier alpha value is -11.7. The van der Waals surface area contributed by atoms with Crippen molar-refractivity contribution in [2.45, 2.75) is 56.3 Å². The minimum Gasteiger partial charge on any atom is -0.309 e. The van der Waals surface area contributed by atoms with Crippen LogP contribution in [0.3, 0.4) is 0 Å². The van der Waals surface area contributed by atoms with Crippen LogP contribution in [0.1, 0.15) is 61.2 Å². The number of rotatable bonds is 8. The van der Waals surface area contributed by atoms with Crippen LogP contribution in [0.15, 0.2) is 200 Å². The highest BCUT2D eigenvalue weighted by molar-refractivity contribution is 6.14. The quantitative estimate of drug-likeness (QED) is 0.142. The lowest BCUT2D eigenvalue weighted by molar-refractivity contribution is -0.144. The van der Waals surface area contributed by atoms with E-state index < -0.39 is 144 Å². The molecule has 2 heterocycles. The van der Waals surface area contributed by atoms with Crippen molar-refractivity contribution in [2.24, 2.45) is 0 Å². The monoisotopic (exact) mass is 1470 g/mol. The van der Waals surface area contributed by atoms with E-state index in [1.807, 2.05) is 6.07 Å². The first-order valence-corrected chi connectivity index (χ1v) is 30.4. The van der Waals surface area contributed by atoms with E-state index in [2.05, 4.69) is 0 Å². The third-order valence-corrected chi connectivity index (χ3v) is 17.9. The number of aryl methyl sites for hydroxylation is 1. The number of benzene rings is 11. The fourth-order valence-corrected chi connectivity index (χ4v) is 13.2. The van der Waals surface area contributed by atoms with Crippen LogP contribution < -0.4 is 0 Å². The second-order valence-corrected chi connectivity index (χ2v) is 24.4. The first-order valence-electron chi connectivity index (χ1n) is 30.4. The van der Waals surface area contributed by atoms with Crippen molar-refractivity contribution in [3.8, 4) is 90.3 Å². The average Bonchev–Trinajstić information content (AvgIpc) is 1.58. The van der Waals surface area contributed by atoms with Crippen molar-refractivity contribution in [1.82, 2.24) is 9.13 Å². The van der Waals surface area contributed by atoms with Crippen LogP contribution in [0, 0.1) is 29.6 Å². The molecule has 13 rings (SSSR count). The smallest absolute Gasteiger partial charge is 0.309 e. The van der Waals surface area contributed by atoms with Crippen LogP contribution in [0.25, 0.3) is 122 Å². The van der Waals surface area contributed by atoms with Gasteiger partial charge >= 0.3 is 49.4 Å². The average molecular weight is 1470 g/mol. The number of nitriles is 2. The fourth-order valence-electron chi connectivity index (χ4n) is 13.2. The third-order valence-electron chi connectivity index (χ3n) is 17.9. The van der Waals surface area contributed by atoms with Crippen LogP contribution in [0.5, 0.6) is 0 Å². The van der Waals surface area contributed by atoms with Crippen molar-refractivity contribution in [1.29, 1.82) is 10.5 Å². The summed E-state index contributed by atoms with van der Waals surface area (Å²) in [4.78, 5) is 0. The van der Waals surface area contributed by atoms with E-state index in [-0.39, 0.29) is 107 Å². The molecule has 13 aromatic rings. The van der Waals surface area contributed by atoms with Crippen molar-refractivity contribution in [2.75, 3.05) is 0 Å². The molecule has 28 heteroatoms. The molecule has 0 spiro atoms. The zero-order valence-corrected chi connectivity index (χ0v) is 52.4. The highest BCUT2D eigenvalue weighted by atomic mass is 19.4. The number of nitrogens with zero attached hydrogens (tertiary/aromatic N) is 4. The summed E-state index contributed by atoms with van der Waals surface area (Å²) in [5.74, 6) is 0. The molecule has 105 heavy (non-hydrogen) atoms. The van der Waals surface area contributed by atoms with E-state index in [9.17, 15) is 50.0 Å². The predicted molar refractivity (Wildman–Crippen MR) is 342 cm³/mol. The minimum atomic E-state index is -5.51. The zero-order valence-electron chi connectivity index (χ0n) is 52.4. The van der Waals surface area contributed by atoms with E-state index in [4.69, 9.17) is 0 Å². The number of fused-ring (bicyclic) bond motifs is 6. The number of hydrogen-bond acceptors (Lipinski definition) is 2. The summed E-state index contributed by atoms with van der Waals surface area (Å²) < 4.78 is 356. The first-order chi connectivity index (χ1) is 48.9. The maximum absolute atomic E-state index is 15.4. The molecule has 0 saturated carbocycles. The predicted octanol–water partition coefficient (Wildman–Crippen LogP) is 26.1. The molecule has 4 nitrogen and oxygen atoms in total. The number of halogens is 24. The molecule has 0 aliphatic carbocycles. The first kappa shape index (κ1) is 71.7. The molecule has 0 atom stereocenters. The Morgan fingerprint density at radius 3 is 0.819 bits per heavy atom. The van der Waals surface area contributed by atoms with Crippen molar-refractivity contribution < 1.29 is 105 Å². The Balaban J connectivity index is 1.16. The summed E-state index contributed by atoms with van der Waals surface area (Å²) in [5.41, 5.74) is -20.3. The van der Waals surface area contributed by atoms with Gasteiger partial charge in [0.15, 0.2) is 0 Å². The molecule has 0 radical (unpaired) electrons. The maximum Gasteiger partial charge on any atom is 0.417 e. The summed E-state index contributed by atoms with van der Waals surface area (Å²) in [6.07, 6.45) is -42.7. The Kier molecular flexibility index (Phi) is 16.9. The van der Waals surface area contributed by atoms with Crippen LogP contribution in [-0.4, -0.2) is 9.13 Å². The normalized spacial score (nSPS) is 13.0. The summed E-state index contributed by atoms with van der Waals surface area (Å²) in [6.45, 7) is 1.37. The van der Waals surface area contributed by atoms with Gasteiger partial charge in [0.05, 0.1) is 101 Å². The van der Waals surface area contributed by atoms with Gasteiger partial charge in [-0.15, -0.1) is 0 Å². The molecule has 0 bridgehead atoms. The fraction of sp³-hybridized carbons (Fsp3) is 0.117. The van der Waals surface area contributed by atoms with Gasteiger partial charge in [-0.3, -0.25) is 0 Å². The highest BCUT2D eigenvalue weighted by Crippen LogP contribution is 2.51. The van der Waals surface area contributed by atoms with Gasteiger partial charge in [0.1, 0.15) is 0 Å². The van der Waals surface area contributed by atoms with Gasteiger partial charge in [-0.2, -0.15) is 116 Å². The second kappa shape index (κ2) is 24.8. The molecule has 532 valence electrons. The molecule has 0 amide bonds. The lowest BCUT2D eigenvalue weighted by Gasteiger charge is -2.21. The van der Waals surface area contributed by atoms with E-state index in [0.717, 1.165) is 84.9 Å². The SMILES string of the molecule is Cc1ccc(-c2ccc3c(c2)c2cc(-c4ccc(C(F)(F)F)cc4C(F)(F)F)ccc2n3-c2ccc(-c3ccc(C#N)cc3C(F)(F)F)cc2-c2cc(C#N)ccc2-n2c3ccc(-c4ccc(C(F)(F)F)cc4C(F)(F)F)cc3c3cc(-c4ccc(C(F)(F)F)cc4C(F)(F)F)ccc32)c(C(F)(F)F)c1. The number of alkyl halides is 24. The van der Waals surface area contributed by atoms with Crippen LogP contribution in [0.2, 0.25) is 0 Å².